The molecule has 0 bridgehead atoms. The maximum Gasteiger partial charge on any atom is 0.305 e. The first-order valence-electron chi connectivity index (χ1n) is 6.09. The summed E-state index contributed by atoms with van der Waals surface area (Å²) in [5.41, 5.74) is 0. The van der Waals surface area contributed by atoms with Crippen molar-refractivity contribution in [1.82, 2.24) is 4.90 Å². The summed E-state index contributed by atoms with van der Waals surface area (Å²) in [6.45, 7) is 2.93. The standard InChI is InChI=1S/C13H19NO3.ClH/c1-16-13(15)9-11-4-6-14(7-5-11)10-12-3-2-8-17-12;/h2-3,8,11H,4-7,9-10H2,1H3;1H. The van der Waals surface area contributed by atoms with Crippen molar-refractivity contribution in [3.8, 4) is 0 Å². The highest BCUT2D eigenvalue weighted by molar-refractivity contribution is 5.85. The molecule has 5 heteroatoms. The SMILES string of the molecule is COC(=O)CC1CCN(Cc2ccco2)CC1.Cl. The molecule has 1 aromatic heterocycles. The molecule has 0 N–H and O–H groups in total. The Morgan fingerprint density at radius 1 is 1.50 bits per heavy atom. The Morgan fingerprint density at radius 2 is 2.22 bits per heavy atom. The zero-order valence-electron chi connectivity index (χ0n) is 10.6. The van der Waals surface area contributed by atoms with E-state index in [0.717, 1.165) is 38.2 Å². The van der Waals surface area contributed by atoms with Gasteiger partial charge in [-0.3, -0.25) is 9.69 Å². The number of piperidine rings is 1. The van der Waals surface area contributed by atoms with E-state index >= 15 is 0 Å². The third-order valence-corrected chi connectivity index (χ3v) is 3.35. The Balaban J connectivity index is 0.00000162. The number of rotatable bonds is 4. The van der Waals surface area contributed by atoms with Crippen LogP contribution in [0.5, 0.6) is 0 Å². The second-order valence-electron chi connectivity index (χ2n) is 4.58. The molecule has 4 nitrogen and oxygen atoms in total. The van der Waals surface area contributed by atoms with Gasteiger partial charge in [0.1, 0.15) is 5.76 Å². The zero-order chi connectivity index (χ0) is 12.1. The number of likely N-dealkylation sites (tertiary alicyclic amines) is 1. The number of methoxy groups -OCH3 is 1. The summed E-state index contributed by atoms with van der Waals surface area (Å²) >= 11 is 0. The number of hydrogen-bond donors (Lipinski definition) is 0. The second-order valence-corrected chi connectivity index (χ2v) is 4.58. The lowest BCUT2D eigenvalue weighted by molar-refractivity contribution is -0.142. The summed E-state index contributed by atoms with van der Waals surface area (Å²) in [6.07, 6.45) is 4.40. The van der Waals surface area contributed by atoms with Crippen LogP contribution in [0.3, 0.4) is 0 Å². The van der Waals surface area contributed by atoms with E-state index in [-0.39, 0.29) is 18.4 Å². The molecule has 0 aliphatic carbocycles. The molecule has 1 fully saturated rings. The number of halogens is 1. The summed E-state index contributed by atoms with van der Waals surface area (Å²) in [5, 5.41) is 0. The van der Waals surface area contributed by atoms with Gasteiger partial charge >= 0.3 is 5.97 Å². The summed E-state index contributed by atoms with van der Waals surface area (Å²) < 4.78 is 10.0. The molecule has 0 unspecified atom stereocenters. The largest absolute Gasteiger partial charge is 0.469 e. The van der Waals surface area contributed by atoms with Crippen LogP contribution in [0.2, 0.25) is 0 Å². The number of furan rings is 1. The molecule has 0 saturated carbocycles. The first kappa shape index (κ1) is 15.1. The summed E-state index contributed by atoms with van der Waals surface area (Å²) in [5.74, 6) is 1.40. The van der Waals surface area contributed by atoms with Crippen LogP contribution >= 0.6 is 12.4 Å². The molecule has 0 amide bonds. The predicted molar refractivity (Wildman–Crippen MR) is 70.6 cm³/mol. The van der Waals surface area contributed by atoms with Crippen molar-refractivity contribution < 1.29 is 13.9 Å². The summed E-state index contributed by atoms with van der Waals surface area (Å²) in [4.78, 5) is 13.5. The molecule has 2 heterocycles. The van der Waals surface area contributed by atoms with Crippen LogP contribution in [0.4, 0.5) is 0 Å². The monoisotopic (exact) mass is 273 g/mol. The van der Waals surface area contributed by atoms with Crippen LogP contribution in [0, 0.1) is 5.92 Å². The Kier molecular flexibility index (Phi) is 6.22. The maximum atomic E-state index is 11.2. The Morgan fingerprint density at radius 3 is 2.78 bits per heavy atom. The second kappa shape index (κ2) is 7.44. The first-order chi connectivity index (χ1) is 8.28. The third-order valence-electron chi connectivity index (χ3n) is 3.35. The molecule has 1 aliphatic rings. The van der Waals surface area contributed by atoms with Gasteiger partial charge < -0.3 is 9.15 Å². The molecule has 0 aromatic carbocycles. The summed E-state index contributed by atoms with van der Waals surface area (Å²) in [7, 11) is 1.45. The molecule has 0 radical (unpaired) electrons. The minimum absolute atomic E-state index is 0. The maximum absolute atomic E-state index is 11.2. The van der Waals surface area contributed by atoms with Crippen molar-refractivity contribution in [3.05, 3.63) is 24.2 Å². The highest BCUT2D eigenvalue weighted by Gasteiger charge is 2.22. The topological polar surface area (TPSA) is 42.7 Å². The fourth-order valence-corrected chi connectivity index (χ4v) is 2.29. The number of carbonyl (C=O) groups excluding carboxylic acids is 1. The number of ether oxygens (including phenoxy) is 1. The lowest BCUT2D eigenvalue weighted by Gasteiger charge is -2.30. The van der Waals surface area contributed by atoms with Gasteiger partial charge in [-0.05, 0) is 44.0 Å². The van der Waals surface area contributed by atoms with Crippen molar-refractivity contribution in [2.45, 2.75) is 25.8 Å². The first-order valence-corrected chi connectivity index (χ1v) is 6.09. The zero-order valence-corrected chi connectivity index (χ0v) is 11.4. The van der Waals surface area contributed by atoms with Crippen LogP contribution in [-0.2, 0) is 16.1 Å². The van der Waals surface area contributed by atoms with Crippen molar-refractivity contribution in [3.63, 3.8) is 0 Å². The summed E-state index contributed by atoms with van der Waals surface area (Å²) in [6, 6.07) is 3.92. The lowest BCUT2D eigenvalue weighted by atomic mass is 9.93. The Labute approximate surface area is 114 Å². The molecule has 18 heavy (non-hydrogen) atoms. The minimum atomic E-state index is -0.0884. The van der Waals surface area contributed by atoms with Crippen LogP contribution < -0.4 is 0 Å². The average Bonchev–Trinajstić information content (AvgIpc) is 2.84. The van der Waals surface area contributed by atoms with E-state index in [9.17, 15) is 4.79 Å². The minimum Gasteiger partial charge on any atom is -0.469 e. The molecule has 0 atom stereocenters. The van der Waals surface area contributed by atoms with E-state index in [4.69, 9.17) is 9.15 Å². The molecular formula is C13H20ClNO3. The average molecular weight is 274 g/mol. The Hall–Kier alpha value is -1.00. The van der Waals surface area contributed by atoms with Crippen LogP contribution in [0.25, 0.3) is 0 Å². The van der Waals surface area contributed by atoms with Gasteiger partial charge in [0, 0.05) is 6.42 Å². The van der Waals surface area contributed by atoms with E-state index in [1.54, 1.807) is 6.26 Å². The number of carbonyl (C=O) groups is 1. The molecule has 0 spiro atoms. The highest BCUT2D eigenvalue weighted by Crippen LogP contribution is 2.22. The van der Waals surface area contributed by atoms with Crippen molar-refractivity contribution in [1.29, 1.82) is 0 Å². The smallest absolute Gasteiger partial charge is 0.305 e. The molecular weight excluding hydrogens is 254 g/mol. The normalized spacial score (nSPS) is 17.2. The van der Waals surface area contributed by atoms with Crippen LogP contribution in [0.1, 0.15) is 25.0 Å². The number of esters is 1. The van der Waals surface area contributed by atoms with Gasteiger partial charge in [0.2, 0.25) is 0 Å². The number of nitrogens with zero attached hydrogens (tertiary/aromatic N) is 1. The van der Waals surface area contributed by atoms with Crippen molar-refractivity contribution >= 4 is 18.4 Å². The molecule has 2 rings (SSSR count). The number of hydrogen-bond acceptors (Lipinski definition) is 4. The van der Waals surface area contributed by atoms with Crippen LogP contribution in [-0.4, -0.2) is 31.1 Å². The van der Waals surface area contributed by atoms with E-state index in [1.165, 1.54) is 7.11 Å². The quantitative estimate of drug-likeness (QED) is 0.791. The molecule has 1 aliphatic heterocycles. The fourth-order valence-electron chi connectivity index (χ4n) is 2.29. The van der Waals surface area contributed by atoms with E-state index in [1.807, 2.05) is 12.1 Å². The van der Waals surface area contributed by atoms with Gasteiger partial charge in [-0.15, -0.1) is 12.4 Å². The van der Waals surface area contributed by atoms with Gasteiger partial charge in [0.25, 0.3) is 0 Å². The van der Waals surface area contributed by atoms with Crippen molar-refractivity contribution in [2.75, 3.05) is 20.2 Å². The third kappa shape index (κ3) is 4.35. The highest BCUT2D eigenvalue weighted by atomic mass is 35.5. The van der Waals surface area contributed by atoms with Crippen molar-refractivity contribution in [2.24, 2.45) is 5.92 Å². The molecule has 1 aromatic rings. The molecule has 102 valence electrons. The van der Waals surface area contributed by atoms with Gasteiger partial charge in [0.05, 0.1) is 19.9 Å². The fraction of sp³-hybridized carbons (Fsp3) is 0.615. The van der Waals surface area contributed by atoms with Crippen LogP contribution in [0.15, 0.2) is 22.8 Å². The van der Waals surface area contributed by atoms with Gasteiger partial charge in [0.15, 0.2) is 0 Å². The van der Waals surface area contributed by atoms with E-state index in [2.05, 4.69) is 4.90 Å². The van der Waals surface area contributed by atoms with E-state index in [0.29, 0.717) is 12.3 Å². The van der Waals surface area contributed by atoms with Gasteiger partial charge in [-0.2, -0.15) is 0 Å². The predicted octanol–water partition coefficient (Wildman–Crippen LogP) is 2.48. The lowest BCUT2D eigenvalue weighted by Crippen LogP contribution is -2.33. The molecule has 1 saturated heterocycles. The van der Waals surface area contributed by atoms with Gasteiger partial charge in [-0.1, -0.05) is 0 Å². The Bertz CT molecular complexity index is 345. The van der Waals surface area contributed by atoms with Gasteiger partial charge in [-0.25, -0.2) is 0 Å². The van der Waals surface area contributed by atoms with E-state index < -0.39 is 0 Å².